The number of likely N-dealkylation sites (tertiary alicyclic amines) is 2. The molecule has 1 aromatic carbocycles. The minimum Gasteiger partial charge on any atom is -0.480 e. The Kier molecular flexibility index (Phi) is 9.53. The van der Waals surface area contributed by atoms with Crippen molar-refractivity contribution in [3.63, 3.8) is 0 Å². The molecular weight excluding hydrogens is 541 g/mol. The number of aromatic nitrogens is 3. The molecule has 2 aliphatic heterocycles. The average molecular weight is 588 g/mol. The normalized spacial score (nSPS) is 23.5. The van der Waals surface area contributed by atoms with Crippen LogP contribution in [0.1, 0.15) is 86.2 Å². The molecule has 6 rings (SSSR count). The van der Waals surface area contributed by atoms with Crippen molar-refractivity contribution in [1.29, 1.82) is 0 Å². The summed E-state index contributed by atoms with van der Waals surface area (Å²) in [7, 11) is 0. The van der Waals surface area contributed by atoms with Crippen LogP contribution in [-0.2, 0) is 17.8 Å². The lowest BCUT2D eigenvalue weighted by atomic mass is 9.83. The maximum Gasteiger partial charge on any atom is 0.321 e. The van der Waals surface area contributed by atoms with Crippen LogP contribution >= 0.6 is 0 Å². The fraction of sp³-hybridized carbons (Fsp3) is 0.571. The Morgan fingerprint density at radius 3 is 2.56 bits per heavy atom. The molecule has 3 aromatic rings. The van der Waals surface area contributed by atoms with Crippen molar-refractivity contribution >= 4 is 5.97 Å². The topological polar surface area (TPSA) is 74.5 Å². The molecule has 1 aliphatic carbocycles. The van der Waals surface area contributed by atoms with Gasteiger partial charge in [-0.25, -0.2) is 4.39 Å². The van der Waals surface area contributed by atoms with Crippen molar-refractivity contribution in [3.05, 3.63) is 83.2 Å². The summed E-state index contributed by atoms with van der Waals surface area (Å²) in [5, 5.41) is 15.3. The lowest BCUT2D eigenvalue weighted by Gasteiger charge is -2.35. The Morgan fingerprint density at radius 1 is 1.05 bits per heavy atom. The second-order valence-electron chi connectivity index (χ2n) is 13.0. The number of nitrogens with zero attached hydrogens (tertiary/aromatic N) is 5. The van der Waals surface area contributed by atoms with Crippen molar-refractivity contribution in [3.8, 4) is 0 Å². The number of aliphatic carboxylic acids is 1. The molecule has 4 heterocycles. The Morgan fingerprint density at radius 2 is 1.86 bits per heavy atom. The fourth-order valence-corrected chi connectivity index (χ4v) is 8.15. The van der Waals surface area contributed by atoms with Gasteiger partial charge in [0, 0.05) is 62.5 Å². The lowest BCUT2D eigenvalue weighted by molar-refractivity contribution is -0.145. The fourth-order valence-electron chi connectivity index (χ4n) is 8.15. The SMILES string of the molecule is CCn1nc(Cc2cccnc2)cc1C1CCN(C[C@H]2CN([C@@H](C(=O)O)C3CCCCC3)C[C@@H]2c2cccc(F)c2)CC1. The van der Waals surface area contributed by atoms with E-state index in [0.29, 0.717) is 12.5 Å². The monoisotopic (exact) mass is 587 g/mol. The molecular formula is C35H46FN5O2. The smallest absolute Gasteiger partial charge is 0.321 e. The number of benzene rings is 1. The Bertz CT molecular complexity index is 1350. The molecule has 3 atom stereocenters. The molecule has 230 valence electrons. The summed E-state index contributed by atoms with van der Waals surface area (Å²) in [6.07, 6.45) is 12.1. The summed E-state index contributed by atoms with van der Waals surface area (Å²) in [6, 6.07) is 12.9. The largest absolute Gasteiger partial charge is 0.480 e. The van der Waals surface area contributed by atoms with Crippen molar-refractivity contribution in [1.82, 2.24) is 24.6 Å². The molecule has 7 nitrogen and oxygen atoms in total. The first-order valence-electron chi connectivity index (χ1n) is 16.4. The Hall–Kier alpha value is -3.10. The minimum atomic E-state index is -0.693. The number of rotatable bonds is 10. The van der Waals surface area contributed by atoms with E-state index < -0.39 is 12.0 Å². The van der Waals surface area contributed by atoms with E-state index in [9.17, 15) is 14.3 Å². The molecule has 3 aliphatic rings. The molecule has 1 saturated carbocycles. The van der Waals surface area contributed by atoms with Crippen LogP contribution in [0.25, 0.3) is 0 Å². The first-order valence-corrected chi connectivity index (χ1v) is 16.4. The van der Waals surface area contributed by atoms with E-state index in [2.05, 4.69) is 38.5 Å². The maximum absolute atomic E-state index is 14.3. The van der Waals surface area contributed by atoms with Crippen molar-refractivity contribution in [2.24, 2.45) is 11.8 Å². The van der Waals surface area contributed by atoms with Crippen LogP contribution in [0.5, 0.6) is 0 Å². The quantitative estimate of drug-likeness (QED) is 0.316. The van der Waals surface area contributed by atoms with E-state index >= 15 is 0 Å². The van der Waals surface area contributed by atoms with Crippen molar-refractivity contribution < 1.29 is 14.3 Å². The molecule has 0 amide bonds. The van der Waals surface area contributed by atoms with Crippen LogP contribution in [0.4, 0.5) is 4.39 Å². The van der Waals surface area contributed by atoms with E-state index in [4.69, 9.17) is 5.10 Å². The predicted octanol–water partition coefficient (Wildman–Crippen LogP) is 5.96. The second kappa shape index (κ2) is 13.7. The second-order valence-corrected chi connectivity index (χ2v) is 13.0. The van der Waals surface area contributed by atoms with Crippen LogP contribution in [-0.4, -0.2) is 74.4 Å². The third-order valence-electron chi connectivity index (χ3n) is 10.3. The number of halogens is 1. The highest BCUT2D eigenvalue weighted by molar-refractivity contribution is 5.74. The first kappa shape index (κ1) is 29.9. The van der Waals surface area contributed by atoms with Crippen LogP contribution in [0.3, 0.4) is 0 Å². The van der Waals surface area contributed by atoms with Gasteiger partial charge in [-0.15, -0.1) is 0 Å². The third kappa shape index (κ3) is 7.01. The van der Waals surface area contributed by atoms with Crippen molar-refractivity contribution in [2.75, 3.05) is 32.7 Å². The number of hydrogen-bond acceptors (Lipinski definition) is 5. The Balaban J connectivity index is 1.13. The van der Waals surface area contributed by atoms with Gasteiger partial charge in [0.15, 0.2) is 0 Å². The Labute approximate surface area is 255 Å². The highest BCUT2D eigenvalue weighted by Gasteiger charge is 2.43. The standard InChI is InChI=1S/C35H46FN5O2/c1-2-41-33(20-31(38-41)18-25-8-7-15-37-21-25)26-13-16-39(17-14-26)22-29-23-40(24-32(29)28-11-6-12-30(36)19-28)34(35(42)43)27-9-4-3-5-10-27/h6-8,11-12,15,19-21,26-27,29,32,34H,2-5,9-10,13-14,16-18,22-24H2,1H3,(H,42,43)/t29-,32+,34+/m0/s1. The summed E-state index contributed by atoms with van der Waals surface area (Å²) < 4.78 is 16.5. The molecule has 0 bridgehead atoms. The van der Waals surface area contributed by atoms with Crippen LogP contribution in [0, 0.1) is 17.7 Å². The zero-order chi connectivity index (χ0) is 29.8. The predicted molar refractivity (Wildman–Crippen MR) is 166 cm³/mol. The zero-order valence-corrected chi connectivity index (χ0v) is 25.5. The van der Waals surface area contributed by atoms with Gasteiger partial charge in [-0.05, 0) is 92.9 Å². The number of carbonyl (C=O) groups is 1. The summed E-state index contributed by atoms with van der Waals surface area (Å²) in [5.41, 5.74) is 4.62. The highest BCUT2D eigenvalue weighted by Crippen LogP contribution is 2.39. The molecule has 2 aromatic heterocycles. The number of aryl methyl sites for hydroxylation is 1. The van der Waals surface area contributed by atoms with Crippen LogP contribution in [0.2, 0.25) is 0 Å². The third-order valence-corrected chi connectivity index (χ3v) is 10.3. The lowest BCUT2D eigenvalue weighted by Crippen LogP contribution is -2.46. The summed E-state index contributed by atoms with van der Waals surface area (Å²) in [5.74, 6) is 0.190. The van der Waals surface area contributed by atoms with E-state index in [-0.39, 0.29) is 23.6 Å². The zero-order valence-electron chi connectivity index (χ0n) is 25.5. The number of pyridine rings is 1. The van der Waals surface area contributed by atoms with Crippen LogP contribution < -0.4 is 0 Å². The highest BCUT2D eigenvalue weighted by atomic mass is 19.1. The number of hydrogen-bond donors (Lipinski definition) is 1. The molecule has 8 heteroatoms. The van der Waals surface area contributed by atoms with Gasteiger partial charge in [0.25, 0.3) is 0 Å². The maximum atomic E-state index is 14.3. The molecule has 0 spiro atoms. The summed E-state index contributed by atoms with van der Waals surface area (Å²) >= 11 is 0. The summed E-state index contributed by atoms with van der Waals surface area (Å²) in [6.45, 7) is 7.41. The molecule has 1 N–H and O–H groups in total. The molecule has 2 saturated heterocycles. The molecule has 43 heavy (non-hydrogen) atoms. The van der Waals surface area contributed by atoms with E-state index in [0.717, 1.165) is 88.9 Å². The van der Waals surface area contributed by atoms with Gasteiger partial charge >= 0.3 is 5.97 Å². The van der Waals surface area contributed by atoms with Crippen LogP contribution in [0.15, 0.2) is 54.9 Å². The van der Waals surface area contributed by atoms with Crippen molar-refractivity contribution in [2.45, 2.75) is 82.7 Å². The number of carboxylic acid groups (broad SMARTS) is 1. The van der Waals surface area contributed by atoms with Gasteiger partial charge in [-0.2, -0.15) is 5.10 Å². The summed E-state index contributed by atoms with van der Waals surface area (Å²) in [4.78, 5) is 21.6. The molecule has 0 unspecified atom stereocenters. The van der Waals surface area contributed by atoms with Gasteiger partial charge in [0.2, 0.25) is 0 Å². The number of piperidine rings is 1. The van der Waals surface area contributed by atoms with Gasteiger partial charge in [0.05, 0.1) is 5.69 Å². The van der Waals surface area contributed by atoms with E-state index in [1.54, 1.807) is 18.3 Å². The van der Waals surface area contributed by atoms with Gasteiger partial charge in [0.1, 0.15) is 11.9 Å². The van der Waals surface area contributed by atoms with Gasteiger partial charge < -0.3 is 10.0 Å². The van der Waals surface area contributed by atoms with E-state index in [1.807, 2.05) is 18.3 Å². The van der Waals surface area contributed by atoms with Gasteiger partial charge in [-0.3, -0.25) is 19.4 Å². The molecule has 0 radical (unpaired) electrons. The average Bonchev–Trinajstić information content (AvgIpc) is 3.62. The first-order chi connectivity index (χ1) is 21.0. The van der Waals surface area contributed by atoms with E-state index in [1.165, 1.54) is 23.7 Å². The molecule has 3 fully saturated rings. The number of carboxylic acids is 1. The minimum absolute atomic E-state index is 0.135. The van der Waals surface area contributed by atoms with Gasteiger partial charge in [-0.1, -0.05) is 37.5 Å².